The summed E-state index contributed by atoms with van der Waals surface area (Å²) in [5, 5.41) is 8.90. The van der Waals surface area contributed by atoms with Crippen molar-refractivity contribution in [1.82, 2.24) is 0 Å². The molecule has 0 saturated carbocycles. The van der Waals surface area contributed by atoms with Crippen LogP contribution in [0.15, 0.2) is 85.1 Å². The highest BCUT2D eigenvalue weighted by atomic mass is 31.2. The fourth-order valence-corrected chi connectivity index (χ4v) is 6.56. The van der Waals surface area contributed by atoms with Gasteiger partial charge < -0.3 is 29.9 Å². The summed E-state index contributed by atoms with van der Waals surface area (Å²) in [5.41, 5.74) is 5.33. The van der Waals surface area contributed by atoms with Crippen LogP contribution in [0.25, 0.3) is 0 Å². The predicted octanol–water partition coefficient (Wildman–Crippen LogP) is 11.3. The molecular weight excluding hydrogens is 797 g/mol. The molecule has 0 radical (unpaired) electrons. The van der Waals surface area contributed by atoms with Gasteiger partial charge >= 0.3 is 25.7 Å². The zero-order chi connectivity index (χ0) is 44.7. The number of hydrogen-bond acceptors (Lipinski definition) is 10. The molecule has 0 bridgehead atoms. The van der Waals surface area contributed by atoms with Crippen LogP contribution in [0.2, 0.25) is 0 Å². The highest BCUT2D eigenvalue weighted by Gasteiger charge is 2.36. The number of unbranched alkanes of at least 4 members (excludes halogenated alkanes) is 10. The maximum atomic E-state index is 12.6. The molecule has 1 fully saturated rings. The number of carbonyl (C=O) groups is 3. The number of rotatable bonds is 40. The zero-order valence-electron chi connectivity index (χ0n) is 37.2. The highest BCUT2D eigenvalue weighted by molar-refractivity contribution is 7.47. The van der Waals surface area contributed by atoms with Gasteiger partial charge in [0.2, 0.25) is 0 Å². The molecule has 5 atom stereocenters. The molecule has 0 aromatic rings. The van der Waals surface area contributed by atoms with E-state index in [1.807, 2.05) is 12.2 Å². The number of allylic oxidation sites excluding steroid dienone is 12. The molecule has 0 aromatic heterocycles. The Morgan fingerprint density at radius 1 is 0.590 bits per heavy atom. The first-order valence-electron chi connectivity index (χ1n) is 22.7. The highest BCUT2D eigenvalue weighted by Crippen LogP contribution is 2.43. The molecule has 61 heavy (non-hydrogen) atoms. The van der Waals surface area contributed by atoms with Crippen LogP contribution in [-0.4, -0.2) is 72.1 Å². The first kappa shape index (κ1) is 55.6. The van der Waals surface area contributed by atoms with E-state index in [2.05, 4.69) is 91.3 Å². The Bertz CT molecular complexity index is 1420. The first-order valence-corrected chi connectivity index (χ1v) is 24.2. The molecule has 1 heterocycles. The van der Waals surface area contributed by atoms with Crippen molar-refractivity contribution in [1.29, 1.82) is 0 Å². The predicted molar refractivity (Wildman–Crippen MR) is 244 cm³/mol. The summed E-state index contributed by atoms with van der Waals surface area (Å²) < 4.78 is 38.4. The average molecular weight is 876 g/mol. The average Bonchev–Trinajstić information content (AvgIpc) is 3.99. The summed E-state index contributed by atoms with van der Waals surface area (Å²) in [4.78, 5) is 46.0. The first-order chi connectivity index (χ1) is 29.6. The van der Waals surface area contributed by atoms with Gasteiger partial charge in [-0.1, -0.05) is 131 Å². The molecule has 0 amide bonds. The Kier molecular flexibility index (Phi) is 34.9. The molecule has 1 saturated heterocycles. The van der Waals surface area contributed by atoms with Gasteiger partial charge in [-0.25, -0.2) is 4.57 Å². The van der Waals surface area contributed by atoms with Gasteiger partial charge in [0.15, 0.2) is 6.10 Å². The van der Waals surface area contributed by atoms with Crippen LogP contribution < -0.4 is 5.73 Å². The third-order valence-electron chi connectivity index (χ3n) is 9.52. The molecular formula is C48H78NO11P. The van der Waals surface area contributed by atoms with Crippen molar-refractivity contribution >= 4 is 25.7 Å². The molecule has 1 aliphatic rings. The van der Waals surface area contributed by atoms with E-state index >= 15 is 0 Å². The van der Waals surface area contributed by atoms with E-state index < -0.39 is 57.7 Å². The lowest BCUT2D eigenvalue weighted by molar-refractivity contribution is -0.161. The fraction of sp³-hybridized carbons (Fsp3) is 0.646. The summed E-state index contributed by atoms with van der Waals surface area (Å²) >= 11 is 0. The Hall–Kier alpha value is -3.38. The van der Waals surface area contributed by atoms with E-state index in [1.54, 1.807) is 0 Å². The topological polar surface area (TPSA) is 184 Å². The van der Waals surface area contributed by atoms with Crippen molar-refractivity contribution in [3.05, 3.63) is 85.1 Å². The number of nitrogens with two attached hydrogens (primary N) is 1. The number of ether oxygens (including phenoxy) is 3. The SMILES string of the molecule is CCCCC/C=C\C/C=C\C/C=C\C/C=C\CCCCCC(=O)OC[C@H](COP(=O)(O)OC[C@H](N)C(=O)O)OC(=O)CCC/C=C\C/C=C\CC1OC1C/C=C\CCCCC. The maximum absolute atomic E-state index is 12.6. The zero-order valence-corrected chi connectivity index (χ0v) is 38.1. The second-order valence-corrected chi connectivity index (χ2v) is 16.7. The molecule has 12 nitrogen and oxygen atoms in total. The van der Waals surface area contributed by atoms with Crippen molar-refractivity contribution in [3.8, 4) is 0 Å². The molecule has 1 rings (SSSR count). The van der Waals surface area contributed by atoms with Gasteiger partial charge in [-0.15, -0.1) is 0 Å². The van der Waals surface area contributed by atoms with Crippen molar-refractivity contribution in [2.75, 3.05) is 19.8 Å². The van der Waals surface area contributed by atoms with Crippen molar-refractivity contribution < 1.29 is 52.2 Å². The number of carbonyl (C=O) groups excluding carboxylic acids is 2. The number of carboxylic acid groups (broad SMARTS) is 1. The van der Waals surface area contributed by atoms with Crippen LogP contribution in [0.3, 0.4) is 0 Å². The van der Waals surface area contributed by atoms with Gasteiger partial charge in [0.1, 0.15) is 12.6 Å². The van der Waals surface area contributed by atoms with Crippen LogP contribution in [-0.2, 0) is 42.2 Å². The van der Waals surface area contributed by atoms with Gasteiger partial charge in [-0.3, -0.25) is 23.4 Å². The van der Waals surface area contributed by atoms with Crippen LogP contribution in [0.5, 0.6) is 0 Å². The Labute approximate surface area is 367 Å². The number of esters is 2. The minimum absolute atomic E-state index is 0.0677. The van der Waals surface area contributed by atoms with Crippen molar-refractivity contribution in [2.24, 2.45) is 5.73 Å². The minimum Gasteiger partial charge on any atom is -0.480 e. The third-order valence-corrected chi connectivity index (χ3v) is 10.5. The number of hydrogen-bond donors (Lipinski definition) is 3. The van der Waals surface area contributed by atoms with Gasteiger partial charge in [0.25, 0.3) is 0 Å². The number of carboxylic acids is 1. The molecule has 0 aromatic carbocycles. The summed E-state index contributed by atoms with van der Waals surface area (Å²) in [6, 6.07) is -1.54. The standard InChI is InChI=1S/C48H78NO11P/c1-3-5-7-9-11-12-13-14-15-16-17-18-19-20-21-22-25-29-33-37-46(50)56-39-42(40-57-61(54,55)58-41-43(49)48(52)53)59-47(51)38-34-30-26-23-24-28-32-36-45-44(60-45)35-31-27-10-8-6-4-2/h11-12,14-15,17-18,20-21,23,26-28,31-32,42-45H,3-10,13,16,19,22,24-25,29-30,33-41,49H2,1-2H3,(H,52,53)(H,54,55)/b12-11-,15-14-,18-17-,21-20-,26-23-,31-27-,32-28-/t42-,43+,44?,45?/m1/s1. The molecule has 13 heteroatoms. The summed E-state index contributed by atoms with van der Waals surface area (Å²) in [5.74, 6) is -2.51. The Morgan fingerprint density at radius 3 is 1.57 bits per heavy atom. The second-order valence-electron chi connectivity index (χ2n) is 15.2. The monoisotopic (exact) mass is 876 g/mol. The van der Waals surface area contributed by atoms with Gasteiger partial charge in [0, 0.05) is 12.8 Å². The normalized spacial score (nSPS) is 17.8. The van der Waals surface area contributed by atoms with E-state index in [1.165, 1.54) is 44.9 Å². The third kappa shape index (κ3) is 35.9. The molecule has 4 N–H and O–H groups in total. The molecule has 1 aliphatic heterocycles. The van der Waals surface area contributed by atoms with E-state index in [-0.39, 0.29) is 12.8 Å². The molecule has 0 aliphatic carbocycles. The van der Waals surface area contributed by atoms with Gasteiger partial charge in [-0.2, -0.15) is 0 Å². The smallest absolute Gasteiger partial charge is 0.472 e. The van der Waals surface area contributed by atoms with E-state index in [9.17, 15) is 23.8 Å². The summed E-state index contributed by atoms with van der Waals surface area (Å²) in [6.45, 7) is 2.63. The van der Waals surface area contributed by atoms with Crippen LogP contribution in [0, 0.1) is 0 Å². The number of phosphoric ester groups is 1. The van der Waals surface area contributed by atoms with Crippen LogP contribution in [0.1, 0.15) is 155 Å². The van der Waals surface area contributed by atoms with E-state index in [0.717, 1.165) is 64.2 Å². The molecule has 0 spiro atoms. The van der Waals surface area contributed by atoms with Crippen LogP contribution in [0.4, 0.5) is 0 Å². The Morgan fingerprint density at radius 2 is 1.03 bits per heavy atom. The number of phosphoric acid groups is 1. The minimum atomic E-state index is -4.75. The van der Waals surface area contributed by atoms with Crippen molar-refractivity contribution in [3.63, 3.8) is 0 Å². The van der Waals surface area contributed by atoms with E-state index in [4.69, 9.17) is 29.6 Å². The number of aliphatic carboxylic acids is 1. The fourth-order valence-electron chi connectivity index (χ4n) is 5.79. The second kappa shape index (κ2) is 38.3. The van der Waals surface area contributed by atoms with Crippen molar-refractivity contribution in [2.45, 2.75) is 179 Å². The van der Waals surface area contributed by atoms with E-state index in [0.29, 0.717) is 31.5 Å². The lowest BCUT2D eigenvalue weighted by Crippen LogP contribution is -2.34. The lowest BCUT2D eigenvalue weighted by atomic mass is 10.1. The van der Waals surface area contributed by atoms with Gasteiger partial charge in [-0.05, 0) is 96.3 Å². The summed E-state index contributed by atoms with van der Waals surface area (Å²) in [7, 11) is -4.75. The number of epoxide rings is 1. The van der Waals surface area contributed by atoms with Crippen LogP contribution >= 0.6 is 7.82 Å². The lowest BCUT2D eigenvalue weighted by Gasteiger charge is -2.20. The largest absolute Gasteiger partial charge is 0.480 e. The Balaban J connectivity index is 2.35. The quantitative estimate of drug-likeness (QED) is 0.0174. The summed E-state index contributed by atoms with van der Waals surface area (Å²) in [6.07, 6.45) is 49.7. The molecule has 346 valence electrons. The van der Waals surface area contributed by atoms with Gasteiger partial charge in [0.05, 0.1) is 25.4 Å². The molecule has 3 unspecified atom stereocenters. The maximum Gasteiger partial charge on any atom is 0.472 e.